The summed E-state index contributed by atoms with van der Waals surface area (Å²) in [6, 6.07) is 1.93. The smallest absolute Gasteiger partial charge is 0.181 e. The lowest BCUT2D eigenvalue weighted by molar-refractivity contribution is 0.690. The number of hydrogen-bond donors (Lipinski definition) is 0. The summed E-state index contributed by atoms with van der Waals surface area (Å²) < 4.78 is 2.55. The van der Waals surface area contributed by atoms with Gasteiger partial charge >= 0.3 is 0 Å². The summed E-state index contributed by atoms with van der Waals surface area (Å²) in [5, 5.41) is 0.443. The predicted molar refractivity (Wildman–Crippen MR) is 94.6 cm³/mol. The van der Waals surface area contributed by atoms with Gasteiger partial charge in [0.2, 0.25) is 0 Å². The second-order valence-electron chi connectivity index (χ2n) is 5.00. The summed E-state index contributed by atoms with van der Waals surface area (Å²) in [7, 11) is 0. The molecule has 1 aliphatic carbocycles. The molecule has 0 bridgehead atoms. The third kappa shape index (κ3) is 3.33. The van der Waals surface area contributed by atoms with Crippen molar-refractivity contribution in [1.29, 1.82) is 0 Å². The highest BCUT2D eigenvalue weighted by molar-refractivity contribution is 9.11. The zero-order valence-corrected chi connectivity index (χ0v) is 16.4. The van der Waals surface area contributed by atoms with Crippen molar-refractivity contribution in [3.8, 4) is 11.5 Å². The van der Waals surface area contributed by atoms with Crippen LogP contribution in [0.25, 0.3) is 11.5 Å². The van der Waals surface area contributed by atoms with Crippen LogP contribution < -0.4 is 0 Å². The highest BCUT2D eigenvalue weighted by Gasteiger charge is 2.24. The van der Waals surface area contributed by atoms with Crippen LogP contribution in [0.4, 0.5) is 0 Å². The first-order chi connectivity index (χ1) is 10.1. The van der Waals surface area contributed by atoms with Crippen molar-refractivity contribution in [2.24, 2.45) is 0 Å². The minimum Gasteiger partial charge on any atom is -0.251 e. The van der Waals surface area contributed by atoms with Crippen molar-refractivity contribution < 1.29 is 0 Å². The first-order valence-corrected chi connectivity index (χ1v) is 9.36. The monoisotopic (exact) mass is 493 g/mol. The van der Waals surface area contributed by atoms with Gasteiger partial charge in [-0.3, -0.25) is 4.98 Å². The van der Waals surface area contributed by atoms with E-state index < -0.39 is 0 Å². The Hall–Kier alpha value is -0.0400. The fraction of sp³-hybridized carbons (Fsp3) is 0.357. The van der Waals surface area contributed by atoms with Gasteiger partial charge in [-0.2, -0.15) is 0 Å². The average molecular weight is 496 g/mol. The lowest BCUT2D eigenvalue weighted by Crippen LogP contribution is -2.03. The summed E-state index contributed by atoms with van der Waals surface area (Å²) in [6.07, 6.45) is 6.53. The molecule has 0 radical (unpaired) electrons. The predicted octanol–water partition coefficient (Wildman–Crippen LogP) is 6.14. The van der Waals surface area contributed by atoms with Gasteiger partial charge in [0.15, 0.2) is 5.82 Å². The van der Waals surface area contributed by atoms with Gasteiger partial charge in [0.25, 0.3) is 0 Å². The standard InChI is InChI=1S/C14H11Br3ClN3/c15-8-5-9(16)12(19-6-8)14-20-11(7-3-1-2-4-7)10(17)13(18)21-14/h5-7H,1-4H2. The van der Waals surface area contributed by atoms with Crippen molar-refractivity contribution in [1.82, 2.24) is 15.0 Å². The van der Waals surface area contributed by atoms with E-state index in [2.05, 4.69) is 57.8 Å². The molecular weight excluding hydrogens is 485 g/mol. The number of aromatic nitrogens is 3. The number of rotatable bonds is 2. The largest absolute Gasteiger partial charge is 0.251 e. The molecule has 7 heteroatoms. The van der Waals surface area contributed by atoms with Gasteiger partial charge < -0.3 is 0 Å². The Labute approximate surface area is 153 Å². The van der Waals surface area contributed by atoms with Gasteiger partial charge in [-0.1, -0.05) is 24.4 Å². The summed E-state index contributed by atoms with van der Waals surface area (Å²) >= 11 is 16.7. The quantitative estimate of drug-likeness (QED) is 0.469. The summed E-state index contributed by atoms with van der Waals surface area (Å²) in [6.45, 7) is 0. The molecule has 0 aliphatic heterocycles. The Morgan fingerprint density at radius 1 is 1.10 bits per heavy atom. The van der Waals surface area contributed by atoms with E-state index in [1.165, 1.54) is 12.8 Å². The lowest BCUT2D eigenvalue weighted by atomic mass is 10.0. The number of halogens is 4. The SMILES string of the molecule is Clc1nc(-c2ncc(Br)cc2Br)nc(C2CCCC2)c1Br. The Balaban J connectivity index is 2.10. The Morgan fingerprint density at radius 3 is 2.48 bits per heavy atom. The molecule has 3 rings (SSSR count). The second-order valence-corrected chi connectivity index (χ2v) is 7.92. The fourth-order valence-electron chi connectivity index (χ4n) is 2.59. The summed E-state index contributed by atoms with van der Waals surface area (Å²) in [4.78, 5) is 13.5. The molecular formula is C14H11Br3ClN3. The van der Waals surface area contributed by atoms with Crippen molar-refractivity contribution >= 4 is 59.4 Å². The van der Waals surface area contributed by atoms with Gasteiger partial charge in [0.05, 0.1) is 10.2 Å². The third-order valence-electron chi connectivity index (χ3n) is 3.60. The molecule has 1 aliphatic rings. The highest BCUT2D eigenvalue weighted by atomic mass is 79.9. The minimum atomic E-state index is 0.443. The number of hydrogen-bond acceptors (Lipinski definition) is 3. The molecule has 2 heterocycles. The molecule has 2 aromatic heterocycles. The van der Waals surface area contributed by atoms with Gasteiger partial charge in [0, 0.05) is 21.1 Å². The lowest BCUT2D eigenvalue weighted by Gasteiger charge is -2.13. The maximum absolute atomic E-state index is 6.28. The minimum absolute atomic E-state index is 0.443. The maximum Gasteiger partial charge on any atom is 0.181 e. The highest BCUT2D eigenvalue weighted by Crippen LogP contribution is 2.40. The van der Waals surface area contributed by atoms with Crippen molar-refractivity contribution in [2.45, 2.75) is 31.6 Å². The fourth-order valence-corrected chi connectivity index (χ4v) is 4.43. The average Bonchev–Trinajstić information content (AvgIpc) is 2.96. The van der Waals surface area contributed by atoms with Crippen LogP contribution in [0.15, 0.2) is 25.7 Å². The zero-order valence-electron chi connectivity index (χ0n) is 10.9. The van der Waals surface area contributed by atoms with Crippen LogP contribution in [0, 0.1) is 0 Å². The van der Waals surface area contributed by atoms with Crippen LogP contribution >= 0.6 is 59.4 Å². The van der Waals surface area contributed by atoms with Crippen LogP contribution in [0.5, 0.6) is 0 Å². The van der Waals surface area contributed by atoms with Crippen LogP contribution in [0.1, 0.15) is 37.3 Å². The molecule has 21 heavy (non-hydrogen) atoms. The maximum atomic E-state index is 6.28. The molecule has 0 unspecified atom stereocenters. The first kappa shape index (κ1) is 15.8. The van der Waals surface area contributed by atoms with E-state index >= 15 is 0 Å². The molecule has 0 atom stereocenters. The molecule has 1 fully saturated rings. The van der Waals surface area contributed by atoms with Crippen molar-refractivity contribution in [3.63, 3.8) is 0 Å². The van der Waals surface area contributed by atoms with E-state index in [1.54, 1.807) is 6.20 Å². The number of pyridine rings is 1. The molecule has 0 spiro atoms. The molecule has 110 valence electrons. The summed E-state index contributed by atoms with van der Waals surface area (Å²) in [5.41, 5.74) is 1.70. The molecule has 0 amide bonds. The third-order valence-corrected chi connectivity index (χ3v) is 5.92. The molecule has 1 saturated carbocycles. The zero-order chi connectivity index (χ0) is 15.0. The van der Waals surface area contributed by atoms with Crippen LogP contribution in [0.3, 0.4) is 0 Å². The molecule has 2 aromatic rings. The van der Waals surface area contributed by atoms with Crippen LogP contribution in [-0.2, 0) is 0 Å². The molecule has 0 saturated heterocycles. The topological polar surface area (TPSA) is 38.7 Å². The van der Waals surface area contributed by atoms with Gasteiger partial charge in [-0.25, -0.2) is 9.97 Å². The molecule has 0 N–H and O–H groups in total. The Morgan fingerprint density at radius 2 is 1.81 bits per heavy atom. The Kier molecular flexibility index (Phi) is 4.98. The first-order valence-electron chi connectivity index (χ1n) is 6.60. The van der Waals surface area contributed by atoms with Crippen LogP contribution in [-0.4, -0.2) is 15.0 Å². The van der Waals surface area contributed by atoms with E-state index in [0.717, 1.165) is 32.0 Å². The molecule has 3 nitrogen and oxygen atoms in total. The van der Waals surface area contributed by atoms with Crippen molar-refractivity contribution in [2.75, 3.05) is 0 Å². The number of nitrogens with zero attached hydrogens (tertiary/aromatic N) is 3. The van der Waals surface area contributed by atoms with Crippen LogP contribution in [0.2, 0.25) is 5.15 Å². The van der Waals surface area contributed by atoms with E-state index in [1.807, 2.05) is 6.07 Å². The van der Waals surface area contributed by atoms with E-state index in [9.17, 15) is 0 Å². The Bertz CT molecular complexity index is 687. The van der Waals surface area contributed by atoms with E-state index in [4.69, 9.17) is 16.6 Å². The van der Waals surface area contributed by atoms with Gasteiger partial charge in [-0.15, -0.1) is 0 Å². The van der Waals surface area contributed by atoms with E-state index in [-0.39, 0.29) is 0 Å². The molecule has 0 aromatic carbocycles. The summed E-state index contributed by atoms with van der Waals surface area (Å²) in [5.74, 6) is 1.01. The second kappa shape index (κ2) is 6.60. The van der Waals surface area contributed by atoms with E-state index in [0.29, 0.717) is 22.6 Å². The van der Waals surface area contributed by atoms with Gasteiger partial charge in [0.1, 0.15) is 10.8 Å². The van der Waals surface area contributed by atoms with Gasteiger partial charge in [-0.05, 0) is 66.7 Å². The normalized spacial score (nSPS) is 15.6. The van der Waals surface area contributed by atoms with Crippen molar-refractivity contribution in [3.05, 3.63) is 36.5 Å².